The molecule has 35 heavy (non-hydrogen) atoms. The van der Waals surface area contributed by atoms with Gasteiger partial charge in [0.15, 0.2) is 0 Å². The molecule has 0 spiro atoms. The van der Waals surface area contributed by atoms with Crippen LogP contribution in [0, 0.1) is 0 Å². The monoisotopic (exact) mass is 498 g/mol. The van der Waals surface area contributed by atoms with E-state index < -0.39 is 8.60 Å². The molecule has 194 valence electrons. The summed E-state index contributed by atoms with van der Waals surface area (Å²) in [6.45, 7) is 29.5. The molecule has 3 rings (SSSR count). The fourth-order valence-electron chi connectivity index (χ4n) is 4.54. The number of rotatable bonds is 1. The molecule has 0 bridgehead atoms. The van der Waals surface area contributed by atoms with E-state index in [0.29, 0.717) is 0 Å². The maximum Gasteiger partial charge on any atom is 0.462 e. The maximum absolute atomic E-state index is 6.62. The summed E-state index contributed by atoms with van der Waals surface area (Å²) in [5, 5.41) is 0. The Morgan fingerprint density at radius 3 is 1.20 bits per heavy atom. The largest absolute Gasteiger partial charge is 0.462 e. The quantitative estimate of drug-likeness (QED) is 0.366. The molecular formula is C31H47O3P. The number of benzene rings is 2. The zero-order valence-electron chi connectivity index (χ0n) is 24.6. The topological polar surface area (TPSA) is 27.7 Å². The Hall–Kier alpha value is -1.57. The van der Waals surface area contributed by atoms with Crippen LogP contribution in [-0.4, -0.2) is 7.11 Å². The van der Waals surface area contributed by atoms with E-state index in [1.807, 2.05) is 0 Å². The summed E-state index contributed by atoms with van der Waals surface area (Å²) in [7, 11) is 0.0696. The third-order valence-electron chi connectivity index (χ3n) is 7.00. The number of hydrogen-bond acceptors (Lipinski definition) is 3. The standard InChI is InChI=1S/C31H47O3P/c1-19-22-15-20(28(2,3)4)17-24(30(8,9)10)26(22)33-35(32-14)34-27-23(19)16-21(29(5,6)7)18-25(27)31(11,12)13/h15-19H,1-14H3. The summed E-state index contributed by atoms with van der Waals surface area (Å²) in [5.41, 5.74) is 7.33. The van der Waals surface area contributed by atoms with E-state index in [-0.39, 0.29) is 27.6 Å². The highest BCUT2D eigenvalue weighted by Crippen LogP contribution is 2.55. The zero-order chi connectivity index (χ0) is 26.7. The highest BCUT2D eigenvalue weighted by atomic mass is 31.2. The molecule has 4 heteroatoms. The maximum atomic E-state index is 6.62. The summed E-state index contributed by atoms with van der Waals surface area (Å²) in [6.07, 6.45) is 0. The van der Waals surface area contributed by atoms with E-state index in [2.05, 4.69) is 114 Å². The smallest absolute Gasteiger partial charge is 0.417 e. The summed E-state index contributed by atoms with van der Waals surface area (Å²) < 4.78 is 19.1. The van der Waals surface area contributed by atoms with Gasteiger partial charge in [0.25, 0.3) is 0 Å². The van der Waals surface area contributed by atoms with Crippen LogP contribution in [0.1, 0.15) is 129 Å². The van der Waals surface area contributed by atoms with Gasteiger partial charge in [0.05, 0.1) is 0 Å². The van der Waals surface area contributed by atoms with E-state index >= 15 is 0 Å². The molecule has 3 nitrogen and oxygen atoms in total. The Kier molecular flexibility index (Phi) is 7.26. The third kappa shape index (κ3) is 5.72. The number of fused-ring (bicyclic) bond motifs is 2. The zero-order valence-corrected chi connectivity index (χ0v) is 25.5. The lowest BCUT2D eigenvalue weighted by Crippen LogP contribution is -2.23. The van der Waals surface area contributed by atoms with E-state index in [1.165, 1.54) is 33.4 Å². The Labute approximate surface area is 216 Å². The molecule has 1 heterocycles. The van der Waals surface area contributed by atoms with Gasteiger partial charge in [-0.1, -0.05) is 114 Å². The van der Waals surface area contributed by atoms with E-state index in [4.69, 9.17) is 13.6 Å². The Bertz CT molecular complexity index is 1000. The van der Waals surface area contributed by atoms with Crippen LogP contribution in [-0.2, 0) is 26.2 Å². The van der Waals surface area contributed by atoms with Gasteiger partial charge in [0, 0.05) is 35.3 Å². The molecule has 0 aromatic heterocycles. The van der Waals surface area contributed by atoms with E-state index in [1.54, 1.807) is 7.11 Å². The van der Waals surface area contributed by atoms with E-state index in [9.17, 15) is 0 Å². The van der Waals surface area contributed by atoms with Gasteiger partial charge in [0.2, 0.25) is 0 Å². The van der Waals surface area contributed by atoms with Crippen LogP contribution in [0.4, 0.5) is 0 Å². The lowest BCUT2D eigenvalue weighted by Gasteiger charge is -2.36. The number of hydrogen-bond donors (Lipinski definition) is 0. The summed E-state index contributed by atoms with van der Waals surface area (Å²) in [5.74, 6) is 1.92. The molecule has 0 amide bonds. The molecule has 0 saturated heterocycles. The molecule has 1 aliphatic rings. The van der Waals surface area contributed by atoms with Gasteiger partial charge in [-0.25, -0.2) is 0 Å². The SMILES string of the molecule is COP1Oc2c(cc(C(C)(C)C)cc2C(C)(C)C)C(C)c2cc(C(C)(C)C)cc(C(C)(C)C)c2O1. The van der Waals surface area contributed by atoms with Crippen LogP contribution < -0.4 is 9.05 Å². The molecule has 0 N–H and O–H groups in total. The second kappa shape index (κ2) is 9.07. The summed E-state index contributed by atoms with van der Waals surface area (Å²) >= 11 is 0. The average Bonchev–Trinajstić information content (AvgIpc) is 2.68. The fourth-order valence-corrected chi connectivity index (χ4v) is 5.43. The van der Waals surface area contributed by atoms with Crippen LogP contribution in [0.25, 0.3) is 0 Å². The average molecular weight is 499 g/mol. The summed E-state index contributed by atoms with van der Waals surface area (Å²) in [4.78, 5) is 0. The van der Waals surface area contributed by atoms with Crippen molar-refractivity contribution in [2.24, 2.45) is 0 Å². The minimum Gasteiger partial charge on any atom is -0.417 e. The Morgan fingerprint density at radius 1 is 0.600 bits per heavy atom. The second-order valence-corrected chi connectivity index (χ2v) is 15.4. The second-order valence-electron chi connectivity index (χ2n) is 14.2. The molecule has 2 aromatic carbocycles. The predicted octanol–water partition coefficient (Wildman–Crippen LogP) is 9.67. The summed E-state index contributed by atoms with van der Waals surface area (Å²) in [6, 6.07) is 9.36. The molecule has 0 aliphatic carbocycles. The Balaban J connectivity index is 2.47. The van der Waals surface area contributed by atoms with Gasteiger partial charge in [0.1, 0.15) is 11.5 Å². The third-order valence-corrected chi connectivity index (χ3v) is 7.96. The van der Waals surface area contributed by atoms with Gasteiger partial charge in [-0.05, 0) is 32.8 Å². The lowest BCUT2D eigenvalue weighted by molar-refractivity contribution is 0.311. The molecule has 0 unspecified atom stereocenters. The molecule has 0 radical (unpaired) electrons. The van der Waals surface area contributed by atoms with E-state index in [0.717, 1.165) is 11.5 Å². The van der Waals surface area contributed by atoms with Gasteiger partial charge in [-0.3, -0.25) is 4.52 Å². The minimum atomic E-state index is -1.61. The van der Waals surface area contributed by atoms with Crippen LogP contribution in [0.15, 0.2) is 24.3 Å². The van der Waals surface area contributed by atoms with Gasteiger partial charge in [-0.2, -0.15) is 0 Å². The van der Waals surface area contributed by atoms with Crippen LogP contribution >= 0.6 is 8.60 Å². The van der Waals surface area contributed by atoms with Gasteiger partial charge >= 0.3 is 8.60 Å². The van der Waals surface area contributed by atoms with Crippen molar-refractivity contribution in [1.29, 1.82) is 0 Å². The molecule has 0 atom stereocenters. The van der Waals surface area contributed by atoms with Crippen molar-refractivity contribution in [2.75, 3.05) is 7.11 Å². The first-order valence-corrected chi connectivity index (χ1v) is 13.9. The Morgan fingerprint density at radius 2 is 0.943 bits per heavy atom. The highest BCUT2D eigenvalue weighted by Gasteiger charge is 2.37. The predicted molar refractivity (Wildman–Crippen MR) is 150 cm³/mol. The van der Waals surface area contributed by atoms with Crippen molar-refractivity contribution >= 4 is 8.60 Å². The molecule has 2 aromatic rings. The first-order valence-electron chi connectivity index (χ1n) is 12.8. The minimum absolute atomic E-state index is 0.0201. The van der Waals surface area contributed by atoms with Crippen molar-refractivity contribution in [3.05, 3.63) is 57.6 Å². The molecule has 0 saturated carbocycles. The fraction of sp³-hybridized carbons (Fsp3) is 0.613. The normalized spacial score (nSPS) is 19.1. The van der Waals surface area contributed by atoms with Crippen LogP contribution in [0.2, 0.25) is 0 Å². The van der Waals surface area contributed by atoms with Gasteiger partial charge < -0.3 is 9.05 Å². The molecule has 1 aliphatic heterocycles. The first kappa shape index (κ1) is 28.0. The van der Waals surface area contributed by atoms with Crippen molar-refractivity contribution in [3.8, 4) is 11.5 Å². The molecular weight excluding hydrogens is 451 g/mol. The van der Waals surface area contributed by atoms with Gasteiger partial charge in [-0.15, -0.1) is 0 Å². The highest BCUT2D eigenvalue weighted by molar-refractivity contribution is 7.42. The van der Waals surface area contributed by atoms with Crippen LogP contribution in [0.5, 0.6) is 11.5 Å². The van der Waals surface area contributed by atoms with Crippen LogP contribution in [0.3, 0.4) is 0 Å². The lowest BCUT2D eigenvalue weighted by atomic mass is 9.74. The first-order chi connectivity index (χ1) is 15.7. The van der Waals surface area contributed by atoms with Crippen molar-refractivity contribution in [1.82, 2.24) is 0 Å². The van der Waals surface area contributed by atoms with Crippen molar-refractivity contribution in [2.45, 2.75) is 118 Å². The van der Waals surface area contributed by atoms with Crippen molar-refractivity contribution < 1.29 is 13.6 Å². The van der Waals surface area contributed by atoms with Crippen molar-refractivity contribution in [3.63, 3.8) is 0 Å². The molecule has 0 fully saturated rings.